The SMILES string of the molecule is CCn1cc(C(=O)Nc2ccc(Oc3ccnc4ccc5c(c34)OCCO5)c(F)c2)c(=O)n(-c2ccc(F)cc2)c1=O.Cn1cc(C(=O)Nc2ccc(Oc3ccnc4ccc5c(c34)OCCO5)c(F)c2)c(=O)n(-c2ccc(F)cc2)c1=O. The minimum Gasteiger partial charge on any atom is -0.486 e. The molecule has 6 aromatic carbocycles. The van der Waals surface area contributed by atoms with E-state index in [0.29, 0.717) is 82.7 Å². The second kappa shape index (κ2) is 22.6. The second-order valence-electron chi connectivity index (χ2n) is 18.3. The van der Waals surface area contributed by atoms with Gasteiger partial charge in [0.15, 0.2) is 46.1 Å². The first-order chi connectivity index (χ1) is 40.1. The Bertz CT molecular complexity index is 4490. The number of aromatic nitrogens is 6. The van der Waals surface area contributed by atoms with Crippen LogP contribution in [0.15, 0.2) is 165 Å². The number of nitrogens with one attached hydrogen (secondary N) is 2. The van der Waals surface area contributed by atoms with Gasteiger partial charge >= 0.3 is 11.4 Å². The van der Waals surface area contributed by atoms with Crippen LogP contribution in [0.4, 0.5) is 28.9 Å². The lowest BCUT2D eigenvalue weighted by Gasteiger charge is -2.21. The number of hydrogen-bond acceptors (Lipinski definition) is 14. The Morgan fingerprint density at radius 3 is 1.41 bits per heavy atom. The van der Waals surface area contributed by atoms with Crippen LogP contribution in [-0.4, -0.2) is 66.5 Å². The van der Waals surface area contributed by atoms with E-state index in [1.54, 1.807) is 43.3 Å². The summed E-state index contributed by atoms with van der Waals surface area (Å²) < 4.78 is 95.5. The molecule has 20 nitrogen and oxygen atoms in total. The summed E-state index contributed by atoms with van der Waals surface area (Å²) in [5.41, 5.74) is -2.60. The topological polar surface area (TPSA) is 227 Å². The van der Waals surface area contributed by atoms with Crippen molar-refractivity contribution in [3.8, 4) is 57.4 Å². The van der Waals surface area contributed by atoms with Crippen LogP contribution in [0.25, 0.3) is 33.2 Å². The van der Waals surface area contributed by atoms with Crippen molar-refractivity contribution in [3.05, 3.63) is 222 Å². The molecular formula is C59H42F4N8O12. The van der Waals surface area contributed by atoms with Crippen LogP contribution in [-0.2, 0) is 13.6 Å². The van der Waals surface area contributed by atoms with Crippen LogP contribution in [0.5, 0.6) is 46.0 Å². The molecule has 0 fully saturated rings. The summed E-state index contributed by atoms with van der Waals surface area (Å²) in [4.78, 5) is 86.5. The highest BCUT2D eigenvalue weighted by Gasteiger charge is 2.25. The highest BCUT2D eigenvalue weighted by Crippen LogP contribution is 2.45. The molecule has 2 N–H and O–H groups in total. The molecule has 418 valence electrons. The number of benzene rings is 6. The summed E-state index contributed by atoms with van der Waals surface area (Å²) in [6.45, 7) is 3.30. The molecule has 0 radical (unpaired) electrons. The van der Waals surface area contributed by atoms with E-state index in [1.807, 2.05) is 0 Å². The van der Waals surface area contributed by atoms with Gasteiger partial charge in [-0.2, -0.15) is 0 Å². The van der Waals surface area contributed by atoms with E-state index in [4.69, 9.17) is 28.4 Å². The molecule has 0 atom stereocenters. The molecule has 0 saturated carbocycles. The maximum atomic E-state index is 15.2. The minimum atomic E-state index is -0.920. The normalized spacial score (nSPS) is 12.3. The molecule has 2 aliphatic heterocycles. The Kier molecular flexibility index (Phi) is 14.7. The average Bonchev–Trinajstić information content (AvgIpc) is 3.50. The first kappa shape index (κ1) is 53.9. The number of hydrogen-bond donors (Lipinski definition) is 2. The van der Waals surface area contributed by atoms with Gasteiger partial charge < -0.3 is 43.6 Å². The predicted molar refractivity (Wildman–Crippen MR) is 293 cm³/mol. The van der Waals surface area contributed by atoms with Crippen LogP contribution in [0.3, 0.4) is 0 Å². The largest absolute Gasteiger partial charge is 0.486 e. The van der Waals surface area contributed by atoms with Crippen molar-refractivity contribution in [2.45, 2.75) is 13.5 Å². The van der Waals surface area contributed by atoms with Crippen LogP contribution in [0.2, 0.25) is 0 Å². The Balaban J connectivity index is 0.000000174. The first-order valence-corrected chi connectivity index (χ1v) is 25.3. The van der Waals surface area contributed by atoms with Gasteiger partial charge in [0.25, 0.3) is 22.9 Å². The molecule has 0 saturated heterocycles. The van der Waals surface area contributed by atoms with Crippen molar-refractivity contribution >= 4 is 45.0 Å². The van der Waals surface area contributed by atoms with Crippen LogP contribution in [0.1, 0.15) is 27.6 Å². The summed E-state index contributed by atoms with van der Waals surface area (Å²) in [6, 6.07) is 27.0. The molecule has 0 bridgehead atoms. The highest BCUT2D eigenvalue weighted by atomic mass is 19.1. The number of halogens is 4. The first-order valence-electron chi connectivity index (χ1n) is 25.3. The van der Waals surface area contributed by atoms with Crippen molar-refractivity contribution in [1.82, 2.24) is 28.2 Å². The number of carbonyl (C=O) groups excluding carboxylic acids is 2. The zero-order chi connectivity index (χ0) is 58.1. The molecule has 2 amide bonds. The average molecular weight is 1130 g/mol. The van der Waals surface area contributed by atoms with E-state index in [-0.39, 0.29) is 51.9 Å². The molecule has 0 aliphatic carbocycles. The molecule has 0 spiro atoms. The van der Waals surface area contributed by atoms with E-state index in [2.05, 4.69) is 20.6 Å². The van der Waals surface area contributed by atoms with E-state index in [1.165, 1.54) is 72.5 Å². The smallest absolute Gasteiger partial charge is 0.335 e. The van der Waals surface area contributed by atoms with Crippen LogP contribution < -0.4 is 61.6 Å². The van der Waals surface area contributed by atoms with Gasteiger partial charge in [-0.15, -0.1) is 0 Å². The Morgan fingerprint density at radius 2 is 0.964 bits per heavy atom. The number of rotatable bonds is 11. The molecule has 2 aliphatic rings. The summed E-state index contributed by atoms with van der Waals surface area (Å²) >= 11 is 0. The fourth-order valence-corrected chi connectivity index (χ4v) is 9.01. The fourth-order valence-electron chi connectivity index (χ4n) is 9.01. The third-order valence-corrected chi connectivity index (χ3v) is 13.0. The van der Waals surface area contributed by atoms with Crippen molar-refractivity contribution in [1.29, 1.82) is 0 Å². The van der Waals surface area contributed by atoms with E-state index in [0.717, 1.165) is 62.5 Å². The molecular weight excluding hydrogens is 1090 g/mol. The summed E-state index contributed by atoms with van der Waals surface area (Å²) in [6.07, 6.45) is 5.25. The number of nitrogens with zero attached hydrogens (tertiary/aromatic N) is 6. The zero-order valence-electron chi connectivity index (χ0n) is 43.5. The molecule has 4 aromatic heterocycles. The third kappa shape index (κ3) is 10.8. The Morgan fingerprint density at radius 1 is 0.530 bits per heavy atom. The number of carbonyl (C=O) groups is 2. The van der Waals surface area contributed by atoms with E-state index in [9.17, 15) is 37.5 Å². The number of ether oxygens (including phenoxy) is 6. The Hall–Kier alpha value is -11.0. The second-order valence-corrected chi connectivity index (χ2v) is 18.3. The standard InChI is InChI=1S/C30H22F2N4O6.C29H20F2N4O6/c1-2-35-16-20(29(38)36(30(35)39)19-6-3-17(31)4-7-19)28(37)34-18-5-9-23(21(32)15-18)42-24-11-12-33-22-8-10-25-27(26(22)24)41-14-13-40-25;1-34-15-19(28(37)35(29(34)38)18-5-2-16(30)3-6-18)27(36)33-17-4-8-22(20(31)14-17)41-23-10-11-32-21-7-9-24-26(25(21)23)40-13-12-39-24/h3-12,15-16H,2,13-14H2,1H3,(H,34,37);2-11,14-15H,12-13H2,1H3,(H,33,36). The number of aryl methyl sites for hydroxylation is 2. The molecule has 6 heterocycles. The van der Waals surface area contributed by atoms with Crippen molar-refractivity contribution in [2.24, 2.45) is 7.05 Å². The zero-order valence-corrected chi connectivity index (χ0v) is 43.5. The lowest BCUT2D eigenvalue weighted by Crippen LogP contribution is -2.42. The lowest BCUT2D eigenvalue weighted by atomic mass is 10.1. The quantitative estimate of drug-likeness (QED) is 0.115. The van der Waals surface area contributed by atoms with Crippen LogP contribution >= 0.6 is 0 Å². The van der Waals surface area contributed by atoms with Crippen molar-refractivity contribution in [2.75, 3.05) is 37.1 Å². The van der Waals surface area contributed by atoms with Gasteiger partial charge in [-0.05, 0) is 116 Å². The molecule has 24 heteroatoms. The number of amides is 2. The number of fused-ring (bicyclic) bond motifs is 6. The highest BCUT2D eigenvalue weighted by molar-refractivity contribution is 6.04. The molecule has 83 heavy (non-hydrogen) atoms. The van der Waals surface area contributed by atoms with Crippen LogP contribution in [0, 0.1) is 23.3 Å². The van der Waals surface area contributed by atoms with Gasteiger partial charge in [0, 0.05) is 61.9 Å². The summed E-state index contributed by atoms with van der Waals surface area (Å²) in [5.74, 6) is -2.16. The minimum absolute atomic E-state index is 0.0372. The molecule has 12 rings (SSSR count). The van der Waals surface area contributed by atoms with Gasteiger partial charge in [-0.1, -0.05) is 0 Å². The lowest BCUT2D eigenvalue weighted by molar-refractivity contribution is 0.101. The monoisotopic (exact) mass is 1130 g/mol. The van der Waals surface area contributed by atoms with E-state index < -0.39 is 57.6 Å². The number of pyridine rings is 2. The van der Waals surface area contributed by atoms with Gasteiger partial charge in [0.2, 0.25) is 0 Å². The summed E-state index contributed by atoms with van der Waals surface area (Å²) in [7, 11) is 1.36. The third-order valence-electron chi connectivity index (χ3n) is 13.0. The fraction of sp³-hybridized carbons (Fsp3) is 0.119. The maximum absolute atomic E-state index is 15.2. The molecule has 0 unspecified atom stereocenters. The predicted octanol–water partition coefficient (Wildman–Crippen LogP) is 8.84. The van der Waals surface area contributed by atoms with Gasteiger partial charge in [-0.3, -0.25) is 33.7 Å². The number of anilines is 2. The van der Waals surface area contributed by atoms with Crippen molar-refractivity contribution < 1.29 is 55.6 Å². The Labute approximate surface area is 464 Å². The molecule has 10 aromatic rings. The van der Waals surface area contributed by atoms with Gasteiger partial charge in [-0.25, -0.2) is 36.3 Å². The van der Waals surface area contributed by atoms with E-state index >= 15 is 8.78 Å². The van der Waals surface area contributed by atoms with Gasteiger partial charge in [0.05, 0.1) is 33.2 Å². The van der Waals surface area contributed by atoms with Gasteiger partial charge in [0.1, 0.15) is 60.7 Å². The maximum Gasteiger partial charge on any atom is 0.335 e. The summed E-state index contributed by atoms with van der Waals surface area (Å²) in [5, 5.41) is 6.00. The van der Waals surface area contributed by atoms with Crippen molar-refractivity contribution in [3.63, 3.8) is 0 Å².